The van der Waals surface area contributed by atoms with Crippen LogP contribution in [0, 0.1) is 5.92 Å². The first-order chi connectivity index (χ1) is 7.50. The van der Waals surface area contributed by atoms with Crippen molar-refractivity contribution in [1.29, 1.82) is 0 Å². The van der Waals surface area contributed by atoms with Gasteiger partial charge in [-0.05, 0) is 12.3 Å². The van der Waals surface area contributed by atoms with Crippen molar-refractivity contribution in [2.24, 2.45) is 5.92 Å². The van der Waals surface area contributed by atoms with Gasteiger partial charge in [-0.2, -0.15) is 0 Å². The van der Waals surface area contributed by atoms with Gasteiger partial charge in [-0.3, -0.25) is 9.80 Å². The van der Waals surface area contributed by atoms with Gasteiger partial charge in [-0.25, -0.2) is 9.18 Å². The number of rotatable bonds is 1. The zero-order valence-corrected chi connectivity index (χ0v) is 9.44. The van der Waals surface area contributed by atoms with Gasteiger partial charge >= 0.3 is 6.03 Å². The molecule has 0 N–H and O–H groups in total. The van der Waals surface area contributed by atoms with Crippen LogP contribution in [-0.4, -0.2) is 35.7 Å². The molecule has 5 heteroatoms. The minimum absolute atomic E-state index is 0.0901. The molecule has 1 fully saturated rings. The number of carbonyl (C=O) groups is 1. The molecule has 2 unspecified atom stereocenters. The second-order valence-electron chi connectivity index (χ2n) is 4.30. The van der Waals surface area contributed by atoms with E-state index >= 15 is 0 Å². The van der Waals surface area contributed by atoms with E-state index in [4.69, 9.17) is 4.74 Å². The third kappa shape index (κ3) is 1.71. The molecule has 2 rings (SSSR count). The van der Waals surface area contributed by atoms with Crippen molar-refractivity contribution in [3.63, 3.8) is 0 Å². The molecular weight excluding hydrogens is 211 g/mol. The number of nitrogens with zero attached hydrogens (tertiary/aromatic N) is 2. The van der Waals surface area contributed by atoms with E-state index in [1.807, 2.05) is 6.92 Å². The first-order valence-electron chi connectivity index (χ1n) is 5.25. The predicted octanol–water partition coefficient (Wildman–Crippen LogP) is 2.06. The van der Waals surface area contributed by atoms with Gasteiger partial charge in [0, 0.05) is 13.2 Å². The molecule has 0 aliphatic carbocycles. The molecular formula is C11H15FN2O2. The summed E-state index contributed by atoms with van der Waals surface area (Å²) < 4.78 is 18.9. The van der Waals surface area contributed by atoms with Gasteiger partial charge in [-0.15, -0.1) is 0 Å². The fraction of sp³-hybridized carbons (Fsp3) is 0.545. The lowest BCUT2D eigenvalue weighted by Crippen LogP contribution is -2.46. The van der Waals surface area contributed by atoms with Crippen molar-refractivity contribution in [3.05, 3.63) is 24.3 Å². The monoisotopic (exact) mass is 226 g/mol. The van der Waals surface area contributed by atoms with E-state index in [0.717, 1.165) is 6.42 Å². The minimum Gasteiger partial charge on any atom is -0.358 e. The number of halogens is 1. The van der Waals surface area contributed by atoms with Gasteiger partial charge in [0.25, 0.3) is 0 Å². The maximum absolute atomic E-state index is 13.5. The number of hydrogen-bond donors (Lipinski definition) is 0. The Morgan fingerprint density at radius 3 is 2.88 bits per heavy atom. The first kappa shape index (κ1) is 11.1. The largest absolute Gasteiger partial charge is 0.358 e. The molecule has 0 aromatic rings. The van der Waals surface area contributed by atoms with E-state index < -0.39 is 5.83 Å². The summed E-state index contributed by atoms with van der Waals surface area (Å²) >= 11 is 0. The summed E-state index contributed by atoms with van der Waals surface area (Å²) in [6.45, 7) is 6.14. The summed E-state index contributed by atoms with van der Waals surface area (Å²) in [5, 5.41) is 0. The lowest BCUT2D eigenvalue weighted by atomic mass is 10.1. The van der Waals surface area contributed by atoms with Crippen LogP contribution < -0.4 is 0 Å². The van der Waals surface area contributed by atoms with Crippen LogP contribution in [0.2, 0.25) is 0 Å². The molecule has 4 nitrogen and oxygen atoms in total. The minimum atomic E-state index is -0.495. The molecule has 1 saturated heterocycles. The highest BCUT2D eigenvalue weighted by atomic mass is 19.1. The highest BCUT2D eigenvalue weighted by Gasteiger charge is 2.35. The Morgan fingerprint density at radius 2 is 2.31 bits per heavy atom. The smallest absolute Gasteiger partial charge is 0.330 e. The summed E-state index contributed by atoms with van der Waals surface area (Å²) in [6.07, 6.45) is 1.55. The molecule has 0 aromatic heterocycles. The second-order valence-corrected chi connectivity index (χ2v) is 4.30. The van der Waals surface area contributed by atoms with Gasteiger partial charge in [0.1, 0.15) is 6.23 Å². The Kier molecular flexibility index (Phi) is 2.71. The average molecular weight is 226 g/mol. The van der Waals surface area contributed by atoms with Crippen LogP contribution in [0.25, 0.3) is 0 Å². The zero-order chi connectivity index (χ0) is 11.9. The van der Waals surface area contributed by atoms with Gasteiger partial charge in [0.15, 0.2) is 5.83 Å². The highest BCUT2D eigenvalue weighted by Crippen LogP contribution is 2.29. The summed E-state index contributed by atoms with van der Waals surface area (Å²) in [7, 11) is 1.50. The standard InChI is InChI=1S/C11H15FN2O2/c1-7-4-10(16-6-7)14-5-9(12)8(2)13(3)11(14)15/h5,7,10H,2,4,6H2,1,3H3. The highest BCUT2D eigenvalue weighted by molar-refractivity contribution is 5.80. The lowest BCUT2D eigenvalue weighted by molar-refractivity contribution is 0.0168. The van der Waals surface area contributed by atoms with Crippen LogP contribution >= 0.6 is 0 Å². The molecule has 2 aliphatic heterocycles. The number of likely N-dealkylation sites (N-methyl/N-ethyl adjacent to an activating group) is 1. The van der Waals surface area contributed by atoms with Crippen LogP contribution in [0.1, 0.15) is 13.3 Å². The van der Waals surface area contributed by atoms with E-state index in [2.05, 4.69) is 6.58 Å². The van der Waals surface area contributed by atoms with E-state index in [-0.39, 0.29) is 18.0 Å². The van der Waals surface area contributed by atoms with Crippen LogP contribution in [0.4, 0.5) is 9.18 Å². The molecule has 2 atom stereocenters. The third-order valence-corrected chi connectivity index (χ3v) is 2.93. The third-order valence-electron chi connectivity index (χ3n) is 2.93. The maximum atomic E-state index is 13.5. The van der Waals surface area contributed by atoms with Gasteiger partial charge in [0.2, 0.25) is 0 Å². The molecule has 0 saturated carbocycles. The van der Waals surface area contributed by atoms with Crippen LogP contribution in [0.5, 0.6) is 0 Å². The molecule has 16 heavy (non-hydrogen) atoms. The van der Waals surface area contributed by atoms with Crippen LogP contribution in [-0.2, 0) is 4.74 Å². The van der Waals surface area contributed by atoms with Gasteiger partial charge < -0.3 is 4.74 Å². The van der Waals surface area contributed by atoms with E-state index in [1.54, 1.807) is 0 Å². The fourth-order valence-corrected chi connectivity index (χ4v) is 1.86. The first-order valence-corrected chi connectivity index (χ1v) is 5.25. The van der Waals surface area contributed by atoms with E-state index in [0.29, 0.717) is 12.5 Å². The quantitative estimate of drug-likeness (QED) is 0.685. The lowest BCUT2D eigenvalue weighted by Gasteiger charge is -2.33. The summed E-state index contributed by atoms with van der Waals surface area (Å²) in [5.41, 5.74) is 0.0901. The summed E-state index contributed by atoms with van der Waals surface area (Å²) in [6, 6.07) is -0.300. The Hall–Kier alpha value is -1.36. The molecule has 0 spiro atoms. The number of carbonyl (C=O) groups excluding carboxylic acids is 1. The fourth-order valence-electron chi connectivity index (χ4n) is 1.86. The molecule has 2 aliphatic rings. The molecule has 0 bridgehead atoms. The van der Waals surface area contributed by atoms with E-state index in [9.17, 15) is 9.18 Å². The van der Waals surface area contributed by atoms with Crippen molar-refractivity contribution in [3.8, 4) is 0 Å². The molecule has 0 radical (unpaired) electrons. The van der Waals surface area contributed by atoms with Crippen molar-refractivity contribution in [1.82, 2.24) is 9.80 Å². The Labute approximate surface area is 94.0 Å². The van der Waals surface area contributed by atoms with Crippen molar-refractivity contribution in [2.75, 3.05) is 13.7 Å². The Morgan fingerprint density at radius 1 is 1.62 bits per heavy atom. The number of hydrogen-bond acceptors (Lipinski definition) is 2. The normalized spacial score (nSPS) is 31.1. The molecule has 0 aromatic carbocycles. The van der Waals surface area contributed by atoms with Crippen molar-refractivity contribution >= 4 is 6.03 Å². The molecule has 2 heterocycles. The topological polar surface area (TPSA) is 32.8 Å². The maximum Gasteiger partial charge on any atom is 0.330 e. The second kappa shape index (κ2) is 3.90. The molecule has 2 amide bonds. The van der Waals surface area contributed by atoms with Crippen LogP contribution in [0.3, 0.4) is 0 Å². The molecule has 88 valence electrons. The number of allylic oxidation sites excluding steroid dienone is 1. The summed E-state index contributed by atoms with van der Waals surface area (Å²) in [4.78, 5) is 14.4. The van der Waals surface area contributed by atoms with E-state index in [1.165, 1.54) is 23.0 Å². The number of ether oxygens (including phenoxy) is 1. The van der Waals surface area contributed by atoms with Gasteiger partial charge in [0.05, 0.1) is 12.3 Å². The van der Waals surface area contributed by atoms with Crippen molar-refractivity contribution in [2.45, 2.75) is 19.6 Å². The zero-order valence-electron chi connectivity index (χ0n) is 9.44. The predicted molar refractivity (Wildman–Crippen MR) is 56.9 cm³/mol. The average Bonchev–Trinajstić information content (AvgIpc) is 2.67. The number of urea groups is 1. The van der Waals surface area contributed by atoms with Gasteiger partial charge in [-0.1, -0.05) is 13.5 Å². The van der Waals surface area contributed by atoms with Crippen LogP contribution in [0.15, 0.2) is 24.3 Å². The Bertz CT molecular complexity index is 367. The number of amides is 2. The SMILES string of the molecule is C=C1C(F)=CN(C2CC(C)CO2)C(=O)N1C. The van der Waals surface area contributed by atoms with Crippen molar-refractivity contribution < 1.29 is 13.9 Å². The summed E-state index contributed by atoms with van der Waals surface area (Å²) in [5.74, 6) is -0.102. The Balaban J connectivity index is 2.21.